The Morgan fingerprint density at radius 2 is 1.00 bits per heavy atom. The molecule has 0 radical (unpaired) electrons. The number of rotatable bonds is 2. The second-order valence-corrected chi connectivity index (χ2v) is 9.13. The molecule has 0 atom stereocenters. The maximum absolute atomic E-state index is 3.55. The molecule has 0 nitrogen and oxygen atoms in total. The average molecular weight is 448 g/mol. The van der Waals surface area contributed by atoms with E-state index in [1.807, 2.05) is 0 Å². The minimum Gasteiger partial charge on any atom is -0.123 e. The number of fused-ring (bicyclic) bond motifs is 1. The Morgan fingerprint density at radius 3 is 1.39 bits per heavy atom. The van der Waals surface area contributed by atoms with E-state index in [1.54, 1.807) is 21.7 Å². The van der Waals surface area contributed by atoms with Gasteiger partial charge in [-0.1, -0.05) is 56.1 Å². The summed E-state index contributed by atoms with van der Waals surface area (Å²) in [6.45, 7) is 0. The Morgan fingerprint density at radius 1 is 0.609 bits per heavy atom. The topological polar surface area (TPSA) is 0 Å². The van der Waals surface area contributed by atoms with Crippen molar-refractivity contribution in [3.05, 3.63) is 68.6 Å². The zero-order chi connectivity index (χ0) is 15.8. The molecule has 0 amide bonds. The first-order valence-electron chi connectivity index (χ1n) is 7.98. The largest absolute Gasteiger partial charge is 0.123 e. The van der Waals surface area contributed by atoms with E-state index in [-0.39, 0.29) is 0 Å². The summed E-state index contributed by atoms with van der Waals surface area (Å²) in [5.74, 6) is 0. The summed E-state index contributed by atoms with van der Waals surface area (Å²) < 4.78 is 2.30. The molecule has 3 heteroatoms. The van der Waals surface area contributed by atoms with E-state index >= 15 is 0 Å². The van der Waals surface area contributed by atoms with Crippen LogP contribution in [0.1, 0.15) is 24.0 Å². The van der Waals surface area contributed by atoms with Crippen LogP contribution in [0.5, 0.6) is 0 Å². The van der Waals surface area contributed by atoms with Crippen molar-refractivity contribution in [2.45, 2.75) is 25.7 Å². The average Bonchev–Trinajstić information content (AvgIpc) is 2.96. The molecule has 1 aliphatic rings. The highest BCUT2D eigenvalue weighted by Crippen LogP contribution is 2.48. The minimum atomic E-state index is 0.782. The van der Waals surface area contributed by atoms with E-state index < -0.39 is 0 Å². The maximum atomic E-state index is 3.55. The molecule has 0 saturated carbocycles. The van der Waals surface area contributed by atoms with Gasteiger partial charge in [0.1, 0.15) is 0 Å². The van der Waals surface area contributed by atoms with Crippen LogP contribution < -0.4 is 0 Å². The fourth-order valence-corrected chi connectivity index (χ4v) is 5.71. The standard InChI is InChI=1S/C20H17Br2P/c21-15-9-5-13(6-10-15)19-17-3-1-2-4-18(17)20(23-19)14-7-11-16(22)12-8-14/h5-12,23H,1-4H2. The van der Waals surface area contributed by atoms with Crippen molar-refractivity contribution in [3.63, 3.8) is 0 Å². The molecule has 0 N–H and O–H groups in total. The first-order chi connectivity index (χ1) is 11.2. The zero-order valence-corrected chi connectivity index (χ0v) is 16.9. The molecular weight excluding hydrogens is 431 g/mol. The number of hydrogen-bond donors (Lipinski definition) is 0. The lowest BCUT2D eigenvalue weighted by Gasteiger charge is -2.15. The van der Waals surface area contributed by atoms with Crippen LogP contribution in [0.3, 0.4) is 0 Å². The first kappa shape index (κ1) is 15.7. The molecule has 1 heterocycles. The second kappa shape index (κ2) is 6.59. The van der Waals surface area contributed by atoms with Gasteiger partial charge in [0.15, 0.2) is 0 Å². The van der Waals surface area contributed by atoms with Crippen LogP contribution in [0.4, 0.5) is 0 Å². The Kier molecular flexibility index (Phi) is 4.50. The van der Waals surface area contributed by atoms with Crippen LogP contribution in [0.15, 0.2) is 57.5 Å². The third-order valence-corrected chi connectivity index (χ3v) is 7.33. The van der Waals surface area contributed by atoms with E-state index in [0.717, 1.165) is 17.1 Å². The molecule has 116 valence electrons. The summed E-state index contributed by atoms with van der Waals surface area (Å²) in [6.07, 6.45) is 5.15. The Hall–Kier alpha value is -0.820. The van der Waals surface area contributed by atoms with Crippen molar-refractivity contribution >= 4 is 40.1 Å². The number of halogens is 2. The summed E-state index contributed by atoms with van der Waals surface area (Å²) in [5.41, 5.74) is 6.06. The van der Waals surface area contributed by atoms with Crippen LogP contribution in [-0.2, 0) is 12.8 Å². The predicted octanol–water partition coefficient (Wildman–Crippen LogP) is 7.46. The summed E-state index contributed by atoms with van der Waals surface area (Å²) in [6, 6.07) is 17.7. The third kappa shape index (κ3) is 3.09. The van der Waals surface area contributed by atoms with Crippen LogP contribution >= 0.6 is 40.1 Å². The fraction of sp³-hybridized carbons (Fsp3) is 0.200. The highest BCUT2D eigenvalue weighted by molar-refractivity contribution is 9.10. The van der Waals surface area contributed by atoms with E-state index in [0.29, 0.717) is 0 Å². The normalized spacial score (nSPS) is 13.8. The maximum Gasteiger partial charge on any atom is 0.0175 e. The molecule has 0 unspecified atom stereocenters. The van der Waals surface area contributed by atoms with Gasteiger partial charge in [0, 0.05) is 19.5 Å². The highest BCUT2D eigenvalue weighted by atomic mass is 79.9. The Labute approximate surface area is 155 Å². The molecule has 0 spiro atoms. The first-order valence-corrected chi connectivity index (χ1v) is 10.6. The lowest BCUT2D eigenvalue weighted by molar-refractivity contribution is 0.692. The number of hydrogen-bond acceptors (Lipinski definition) is 0. The van der Waals surface area contributed by atoms with Crippen molar-refractivity contribution in [2.24, 2.45) is 0 Å². The molecular formula is C20H17Br2P. The Bertz CT molecular complexity index is 759. The van der Waals surface area contributed by atoms with Crippen molar-refractivity contribution < 1.29 is 0 Å². The van der Waals surface area contributed by atoms with E-state index in [1.165, 1.54) is 36.8 Å². The van der Waals surface area contributed by atoms with E-state index in [2.05, 4.69) is 80.4 Å². The van der Waals surface area contributed by atoms with Gasteiger partial charge < -0.3 is 0 Å². The second-order valence-electron chi connectivity index (χ2n) is 6.05. The van der Waals surface area contributed by atoms with Gasteiger partial charge in [-0.05, 0) is 72.2 Å². The summed E-state index contributed by atoms with van der Waals surface area (Å²) in [4.78, 5) is 0. The predicted molar refractivity (Wildman–Crippen MR) is 109 cm³/mol. The van der Waals surface area contributed by atoms with E-state index in [9.17, 15) is 0 Å². The smallest absolute Gasteiger partial charge is 0.0175 e. The van der Waals surface area contributed by atoms with Gasteiger partial charge in [-0.25, -0.2) is 0 Å². The van der Waals surface area contributed by atoms with Crippen molar-refractivity contribution in [1.29, 1.82) is 0 Å². The van der Waals surface area contributed by atoms with Crippen molar-refractivity contribution in [2.75, 3.05) is 0 Å². The van der Waals surface area contributed by atoms with Gasteiger partial charge in [-0.15, -0.1) is 8.19 Å². The van der Waals surface area contributed by atoms with Crippen molar-refractivity contribution in [3.8, 4) is 21.7 Å². The van der Waals surface area contributed by atoms with Crippen LogP contribution in [0, 0.1) is 0 Å². The molecule has 23 heavy (non-hydrogen) atoms. The lowest BCUT2D eigenvalue weighted by Crippen LogP contribution is -2.01. The molecule has 4 rings (SSSR count). The molecule has 0 fully saturated rings. The van der Waals surface area contributed by atoms with Crippen LogP contribution in [0.2, 0.25) is 0 Å². The van der Waals surface area contributed by atoms with Crippen LogP contribution in [0.25, 0.3) is 21.7 Å². The summed E-state index contributed by atoms with van der Waals surface area (Å²) >= 11 is 7.10. The fourth-order valence-electron chi connectivity index (χ4n) is 3.46. The molecule has 3 aromatic rings. The van der Waals surface area contributed by atoms with Gasteiger partial charge in [-0.3, -0.25) is 0 Å². The summed E-state index contributed by atoms with van der Waals surface area (Å²) in [5, 5.41) is 3.15. The van der Waals surface area contributed by atoms with E-state index in [4.69, 9.17) is 0 Å². The summed E-state index contributed by atoms with van der Waals surface area (Å²) in [7, 11) is 0.782. The quantitative estimate of drug-likeness (QED) is 0.382. The van der Waals surface area contributed by atoms with Gasteiger partial charge in [0.05, 0.1) is 0 Å². The molecule has 0 saturated heterocycles. The SMILES string of the molecule is Brc1ccc(-c2[pH]c(-c3ccc(Br)cc3)c3c2CCCC3)cc1. The van der Waals surface area contributed by atoms with Gasteiger partial charge in [-0.2, -0.15) is 0 Å². The zero-order valence-electron chi connectivity index (χ0n) is 12.7. The molecule has 0 bridgehead atoms. The van der Waals surface area contributed by atoms with Gasteiger partial charge >= 0.3 is 0 Å². The number of benzene rings is 2. The minimum absolute atomic E-state index is 0.782. The molecule has 0 aliphatic heterocycles. The highest BCUT2D eigenvalue weighted by Gasteiger charge is 2.21. The Balaban J connectivity index is 1.87. The van der Waals surface area contributed by atoms with Gasteiger partial charge in [0.25, 0.3) is 0 Å². The van der Waals surface area contributed by atoms with Gasteiger partial charge in [0.2, 0.25) is 0 Å². The lowest BCUT2D eigenvalue weighted by atomic mass is 9.89. The van der Waals surface area contributed by atoms with Crippen LogP contribution in [-0.4, -0.2) is 0 Å². The van der Waals surface area contributed by atoms with Crippen molar-refractivity contribution in [1.82, 2.24) is 0 Å². The third-order valence-electron chi connectivity index (χ3n) is 4.59. The molecule has 1 aliphatic carbocycles. The molecule has 1 aromatic heterocycles. The monoisotopic (exact) mass is 446 g/mol. The molecule has 2 aromatic carbocycles.